The smallest absolute Gasteiger partial charge is 0.0234 e. The number of likely N-dealkylation sites (N-methyl/N-ethyl adjacent to an activating group) is 1. The lowest BCUT2D eigenvalue weighted by molar-refractivity contribution is 0.206. The van der Waals surface area contributed by atoms with Crippen molar-refractivity contribution in [2.24, 2.45) is 0 Å². The van der Waals surface area contributed by atoms with E-state index in [1.165, 1.54) is 12.0 Å². The molecule has 2 heteroatoms. The summed E-state index contributed by atoms with van der Waals surface area (Å²) in [4.78, 5) is 2.41. The van der Waals surface area contributed by atoms with Crippen LogP contribution in [-0.2, 0) is 6.54 Å². The Hall–Kier alpha value is -0.860. The molecule has 0 aliphatic rings. The van der Waals surface area contributed by atoms with Crippen molar-refractivity contribution in [1.29, 1.82) is 0 Å². The second kappa shape index (κ2) is 7.46. The Morgan fingerprint density at radius 3 is 2.41 bits per heavy atom. The fourth-order valence-electron chi connectivity index (χ4n) is 1.94. The minimum absolute atomic E-state index is 0.531. The van der Waals surface area contributed by atoms with Crippen LogP contribution >= 0.6 is 0 Å². The van der Waals surface area contributed by atoms with E-state index in [-0.39, 0.29) is 0 Å². The van der Waals surface area contributed by atoms with Gasteiger partial charge in [-0.15, -0.1) is 0 Å². The van der Waals surface area contributed by atoms with Crippen LogP contribution in [0.5, 0.6) is 0 Å². The molecule has 0 aliphatic carbocycles. The predicted molar refractivity (Wildman–Crippen MR) is 75.1 cm³/mol. The summed E-state index contributed by atoms with van der Waals surface area (Å²) in [5.74, 6) is 0. The summed E-state index contributed by atoms with van der Waals surface area (Å²) >= 11 is 0. The number of hydrogen-bond acceptors (Lipinski definition) is 2. The topological polar surface area (TPSA) is 15.3 Å². The molecular formula is C15H26N2. The molecule has 0 bridgehead atoms. The van der Waals surface area contributed by atoms with E-state index in [4.69, 9.17) is 0 Å². The van der Waals surface area contributed by atoms with E-state index in [9.17, 15) is 0 Å². The minimum atomic E-state index is 0.531. The van der Waals surface area contributed by atoms with E-state index in [0.717, 1.165) is 13.1 Å². The molecule has 0 spiro atoms. The highest BCUT2D eigenvalue weighted by Gasteiger charge is 2.15. The lowest BCUT2D eigenvalue weighted by Gasteiger charge is -2.30. The van der Waals surface area contributed by atoms with E-state index in [1.54, 1.807) is 0 Å². The summed E-state index contributed by atoms with van der Waals surface area (Å²) in [5.41, 5.74) is 1.38. The highest BCUT2D eigenvalue weighted by Crippen LogP contribution is 2.08. The third-order valence-corrected chi connectivity index (χ3v) is 3.41. The normalized spacial score (nSPS) is 14.9. The average Bonchev–Trinajstić information content (AvgIpc) is 2.36. The van der Waals surface area contributed by atoms with Crippen LogP contribution < -0.4 is 5.32 Å². The molecular weight excluding hydrogens is 208 g/mol. The van der Waals surface area contributed by atoms with Gasteiger partial charge in [0.15, 0.2) is 0 Å². The van der Waals surface area contributed by atoms with Crippen molar-refractivity contribution in [3.63, 3.8) is 0 Å². The molecule has 0 amide bonds. The molecule has 2 atom stereocenters. The Bertz CT molecular complexity index is 297. The van der Waals surface area contributed by atoms with Gasteiger partial charge in [-0.2, -0.15) is 0 Å². The highest BCUT2D eigenvalue weighted by atomic mass is 15.2. The summed E-state index contributed by atoms with van der Waals surface area (Å²) in [6.07, 6.45) is 1.19. The zero-order chi connectivity index (χ0) is 12.7. The van der Waals surface area contributed by atoms with Gasteiger partial charge in [-0.05, 0) is 39.4 Å². The van der Waals surface area contributed by atoms with Crippen LogP contribution in [0.15, 0.2) is 30.3 Å². The van der Waals surface area contributed by atoms with E-state index in [0.29, 0.717) is 12.1 Å². The molecule has 2 unspecified atom stereocenters. The maximum absolute atomic E-state index is 3.56. The second-order valence-corrected chi connectivity index (χ2v) is 4.88. The van der Waals surface area contributed by atoms with Crippen LogP contribution in [-0.4, -0.2) is 30.6 Å². The fourth-order valence-corrected chi connectivity index (χ4v) is 1.94. The summed E-state index contributed by atoms with van der Waals surface area (Å²) in [6, 6.07) is 11.7. The van der Waals surface area contributed by atoms with Crippen molar-refractivity contribution in [2.75, 3.05) is 13.6 Å². The summed E-state index contributed by atoms with van der Waals surface area (Å²) in [5, 5.41) is 3.56. The molecule has 0 radical (unpaired) electrons. The van der Waals surface area contributed by atoms with Gasteiger partial charge in [-0.3, -0.25) is 4.90 Å². The summed E-state index contributed by atoms with van der Waals surface area (Å²) in [7, 11) is 2.20. The standard InChI is InChI=1S/C15H26N2/c1-5-11-16-13(2)14(3)17(4)12-15-9-7-6-8-10-15/h6-10,13-14,16H,5,11-12H2,1-4H3. The van der Waals surface area contributed by atoms with Crippen molar-refractivity contribution >= 4 is 0 Å². The van der Waals surface area contributed by atoms with Gasteiger partial charge in [0, 0.05) is 18.6 Å². The van der Waals surface area contributed by atoms with Crippen molar-refractivity contribution in [1.82, 2.24) is 10.2 Å². The first-order valence-electron chi connectivity index (χ1n) is 6.62. The minimum Gasteiger partial charge on any atom is -0.313 e. The van der Waals surface area contributed by atoms with Crippen LogP contribution in [0.1, 0.15) is 32.8 Å². The van der Waals surface area contributed by atoms with E-state index in [1.807, 2.05) is 0 Å². The number of hydrogen-bond donors (Lipinski definition) is 1. The molecule has 0 aromatic heterocycles. The molecule has 1 aromatic rings. The van der Waals surface area contributed by atoms with Crippen molar-refractivity contribution in [3.8, 4) is 0 Å². The molecule has 1 rings (SSSR count). The zero-order valence-electron chi connectivity index (χ0n) is 11.6. The van der Waals surface area contributed by atoms with Crippen molar-refractivity contribution in [2.45, 2.75) is 45.8 Å². The summed E-state index contributed by atoms with van der Waals surface area (Å²) < 4.78 is 0. The van der Waals surface area contributed by atoms with E-state index < -0.39 is 0 Å². The molecule has 0 heterocycles. The third-order valence-electron chi connectivity index (χ3n) is 3.41. The lowest BCUT2D eigenvalue weighted by atomic mass is 10.1. The van der Waals surface area contributed by atoms with Gasteiger partial charge < -0.3 is 5.32 Å². The second-order valence-electron chi connectivity index (χ2n) is 4.88. The molecule has 0 saturated carbocycles. The number of benzene rings is 1. The van der Waals surface area contributed by atoms with Crippen LogP contribution in [0, 0.1) is 0 Å². The van der Waals surface area contributed by atoms with Crippen LogP contribution in [0.25, 0.3) is 0 Å². The maximum Gasteiger partial charge on any atom is 0.0234 e. The molecule has 17 heavy (non-hydrogen) atoms. The summed E-state index contributed by atoms with van der Waals surface area (Å²) in [6.45, 7) is 8.88. The van der Waals surface area contributed by atoms with E-state index in [2.05, 4.69) is 68.4 Å². The van der Waals surface area contributed by atoms with Crippen molar-refractivity contribution in [3.05, 3.63) is 35.9 Å². The zero-order valence-corrected chi connectivity index (χ0v) is 11.6. The first kappa shape index (κ1) is 14.2. The van der Waals surface area contributed by atoms with Gasteiger partial charge in [-0.1, -0.05) is 37.3 Å². The Balaban J connectivity index is 2.43. The molecule has 1 N–H and O–H groups in total. The quantitative estimate of drug-likeness (QED) is 0.780. The lowest BCUT2D eigenvalue weighted by Crippen LogP contribution is -2.45. The van der Waals surface area contributed by atoms with Crippen molar-refractivity contribution < 1.29 is 0 Å². The average molecular weight is 234 g/mol. The van der Waals surface area contributed by atoms with Gasteiger partial charge in [0.1, 0.15) is 0 Å². The highest BCUT2D eigenvalue weighted by molar-refractivity contribution is 5.14. The predicted octanol–water partition coefficient (Wildman–Crippen LogP) is 2.90. The van der Waals surface area contributed by atoms with Crippen LogP contribution in [0.3, 0.4) is 0 Å². The largest absolute Gasteiger partial charge is 0.313 e. The van der Waals surface area contributed by atoms with Gasteiger partial charge in [-0.25, -0.2) is 0 Å². The van der Waals surface area contributed by atoms with Gasteiger partial charge >= 0.3 is 0 Å². The first-order valence-corrected chi connectivity index (χ1v) is 6.62. The molecule has 2 nitrogen and oxygen atoms in total. The van der Waals surface area contributed by atoms with E-state index >= 15 is 0 Å². The Kier molecular flexibility index (Phi) is 6.23. The Morgan fingerprint density at radius 1 is 1.18 bits per heavy atom. The van der Waals surface area contributed by atoms with Crippen LogP contribution in [0.2, 0.25) is 0 Å². The molecule has 96 valence electrons. The van der Waals surface area contributed by atoms with Crippen LogP contribution in [0.4, 0.5) is 0 Å². The van der Waals surface area contributed by atoms with Gasteiger partial charge in [0.25, 0.3) is 0 Å². The number of nitrogens with one attached hydrogen (secondary N) is 1. The monoisotopic (exact) mass is 234 g/mol. The van der Waals surface area contributed by atoms with Gasteiger partial charge in [0.05, 0.1) is 0 Å². The SMILES string of the molecule is CCCNC(C)C(C)N(C)Cc1ccccc1. The Labute approximate surface area is 106 Å². The molecule has 1 aromatic carbocycles. The number of nitrogens with zero attached hydrogens (tertiary/aromatic N) is 1. The first-order chi connectivity index (χ1) is 8.15. The molecule has 0 saturated heterocycles. The fraction of sp³-hybridized carbons (Fsp3) is 0.600. The molecule has 0 fully saturated rings. The third kappa shape index (κ3) is 4.88. The maximum atomic E-state index is 3.56. The molecule has 0 aliphatic heterocycles. The van der Waals surface area contributed by atoms with Gasteiger partial charge in [0.2, 0.25) is 0 Å². The Morgan fingerprint density at radius 2 is 1.82 bits per heavy atom. The number of rotatable bonds is 7.